The van der Waals surface area contributed by atoms with Crippen molar-refractivity contribution in [2.24, 2.45) is 0 Å². The van der Waals surface area contributed by atoms with Crippen molar-refractivity contribution >= 4 is 10.0 Å². The van der Waals surface area contributed by atoms with Crippen LogP contribution in [0.2, 0.25) is 0 Å². The first kappa shape index (κ1) is 18.1. The number of unbranched alkanes of at least 4 members (excludes halogenated alkanes) is 1. The van der Waals surface area contributed by atoms with Gasteiger partial charge in [0.25, 0.3) is 0 Å². The summed E-state index contributed by atoms with van der Waals surface area (Å²) in [6, 6.07) is 0. The maximum Gasteiger partial charge on any atom is 0.243 e. The number of hydrogen-bond donors (Lipinski definition) is 2. The molecule has 1 aromatic heterocycles. The molecule has 0 amide bonds. The number of methoxy groups -OCH3 is 1. The van der Waals surface area contributed by atoms with Crippen molar-refractivity contribution in [3.05, 3.63) is 12.4 Å². The van der Waals surface area contributed by atoms with Crippen LogP contribution in [0.4, 0.5) is 0 Å². The van der Waals surface area contributed by atoms with Crippen LogP contribution in [0.25, 0.3) is 0 Å². The standard InChI is InChI=1S/C12H23N3O5S/c1-19-8-9-20-7-3-2-4-14-21(17,18)12-10-13-15(11-12)5-6-16/h10-11,14,16H,2-9H2,1H3. The molecular formula is C12H23N3O5S. The van der Waals surface area contributed by atoms with Crippen LogP contribution in [0.15, 0.2) is 17.3 Å². The van der Waals surface area contributed by atoms with Gasteiger partial charge in [0, 0.05) is 26.5 Å². The van der Waals surface area contributed by atoms with Gasteiger partial charge in [-0.25, -0.2) is 13.1 Å². The highest BCUT2D eigenvalue weighted by Gasteiger charge is 2.15. The monoisotopic (exact) mass is 321 g/mol. The van der Waals surface area contributed by atoms with Gasteiger partial charge in [-0.2, -0.15) is 5.10 Å². The average Bonchev–Trinajstić information content (AvgIpc) is 2.92. The molecule has 0 aliphatic carbocycles. The lowest BCUT2D eigenvalue weighted by molar-refractivity contribution is 0.0689. The molecule has 0 fully saturated rings. The van der Waals surface area contributed by atoms with Crippen molar-refractivity contribution < 1.29 is 23.0 Å². The van der Waals surface area contributed by atoms with Crippen molar-refractivity contribution in [1.29, 1.82) is 0 Å². The number of hydrogen-bond acceptors (Lipinski definition) is 6. The third-order valence-corrected chi connectivity index (χ3v) is 4.10. The van der Waals surface area contributed by atoms with Crippen LogP contribution in [-0.4, -0.2) is 63.4 Å². The number of aliphatic hydroxyl groups is 1. The summed E-state index contributed by atoms with van der Waals surface area (Å²) >= 11 is 0. The largest absolute Gasteiger partial charge is 0.394 e. The highest BCUT2D eigenvalue weighted by atomic mass is 32.2. The molecule has 0 saturated carbocycles. The zero-order valence-corrected chi connectivity index (χ0v) is 13.0. The summed E-state index contributed by atoms with van der Waals surface area (Å²) in [5.41, 5.74) is 0. The van der Waals surface area contributed by atoms with E-state index in [9.17, 15) is 8.42 Å². The van der Waals surface area contributed by atoms with Gasteiger partial charge in [-0.05, 0) is 12.8 Å². The predicted molar refractivity (Wildman–Crippen MR) is 76.4 cm³/mol. The Hall–Kier alpha value is -1.00. The molecule has 1 aromatic rings. The Balaban J connectivity index is 2.23. The number of ether oxygens (including phenoxy) is 2. The molecule has 2 N–H and O–H groups in total. The number of aliphatic hydroxyl groups excluding tert-OH is 1. The van der Waals surface area contributed by atoms with E-state index >= 15 is 0 Å². The van der Waals surface area contributed by atoms with Gasteiger partial charge in [0.15, 0.2) is 0 Å². The van der Waals surface area contributed by atoms with E-state index in [1.807, 2.05) is 0 Å². The van der Waals surface area contributed by atoms with Crippen LogP contribution < -0.4 is 4.72 Å². The second-order valence-corrected chi connectivity index (χ2v) is 6.14. The van der Waals surface area contributed by atoms with Gasteiger partial charge < -0.3 is 14.6 Å². The molecule has 0 aromatic carbocycles. The molecule has 0 atom stereocenters. The first-order valence-electron chi connectivity index (χ1n) is 6.80. The zero-order valence-electron chi connectivity index (χ0n) is 12.2. The lowest BCUT2D eigenvalue weighted by Gasteiger charge is -2.05. The molecule has 21 heavy (non-hydrogen) atoms. The summed E-state index contributed by atoms with van der Waals surface area (Å²) in [4.78, 5) is 0.104. The third-order valence-electron chi connectivity index (χ3n) is 2.69. The smallest absolute Gasteiger partial charge is 0.243 e. The summed E-state index contributed by atoms with van der Waals surface area (Å²) < 4.78 is 37.9. The van der Waals surface area contributed by atoms with Gasteiger partial charge in [-0.15, -0.1) is 0 Å². The van der Waals surface area contributed by atoms with Crippen molar-refractivity contribution in [1.82, 2.24) is 14.5 Å². The van der Waals surface area contributed by atoms with Gasteiger partial charge in [0.2, 0.25) is 10.0 Å². The molecule has 0 aliphatic rings. The minimum Gasteiger partial charge on any atom is -0.394 e. The second kappa shape index (κ2) is 9.85. The molecule has 1 rings (SSSR count). The molecular weight excluding hydrogens is 298 g/mol. The molecule has 8 nitrogen and oxygen atoms in total. The predicted octanol–water partition coefficient (Wildman–Crippen LogP) is -0.403. The van der Waals surface area contributed by atoms with E-state index in [2.05, 4.69) is 9.82 Å². The number of aromatic nitrogens is 2. The molecule has 0 spiro atoms. The molecule has 9 heteroatoms. The molecule has 0 bridgehead atoms. The van der Waals surface area contributed by atoms with E-state index in [0.717, 1.165) is 6.42 Å². The lowest BCUT2D eigenvalue weighted by Crippen LogP contribution is -2.24. The molecule has 1 heterocycles. The Morgan fingerprint density at radius 3 is 2.86 bits per heavy atom. The lowest BCUT2D eigenvalue weighted by atomic mass is 10.3. The number of sulfonamides is 1. The van der Waals surface area contributed by atoms with E-state index in [1.165, 1.54) is 17.1 Å². The summed E-state index contributed by atoms with van der Waals surface area (Å²) in [5, 5.41) is 12.6. The molecule has 0 aliphatic heterocycles. The Bertz CT molecular complexity index is 489. The Morgan fingerprint density at radius 2 is 2.14 bits per heavy atom. The maximum atomic E-state index is 11.9. The van der Waals surface area contributed by atoms with Crippen LogP contribution in [0.5, 0.6) is 0 Å². The fraction of sp³-hybridized carbons (Fsp3) is 0.750. The summed E-state index contributed by atoms with van der Waals surface area (Å²) in [7, 11) is -1.92. The van der Waals surface area contributed by atoms with Crippen LogP contribution in [0.1, 0.15) is 12.8 Å². The average molecular weight is 321 g/mol. The second-order valence-electron chi connectivity index (χ2n) is 4.37. The van der Waals surface area contributed by atoms with E-state index in [4.69, 9.17) is 14.6 Å². The summed E-state index contributed by atoms with van der Waals surface area (Å²) in [5.74, 6) is 0. The molecule has 122 valence electrons. The van der Waals surface area contributed by atoms with Crippen LogP contribution in [0, 0.1) is 0 Å². The fourth-order valence-corrected chi connectivity index (χ4v) is 2.60. The quantitative estimate of drug-likeness (QED) is 0.508. The first-order valence-corrected chi connectivity index (χ1v) is 8.28. The van der Waals surface area contributed by atoms with Crippen molar-refractivity contribution in [3.63, 3.8) is 0 Å². The Labute approximate surface area is 125 Å². The van der Waals surface area contributed by atoms with Crippen LogP contribution in [-0.2, 0) is 26.0 Å². The van der Waals surface area contributed by atoms with Gasteiger partial charge in [-0.3, -0.25) is 4.68 Å². The van der Waals surface area contributed by atoms with Gasteiger partial charge in [0.1, 0.15) is 4.90 Å². The van der Waals surface area contributed by atoms with Crippen molar-refractivity contribution in [3.8, 4) is 0 Å². The first-order chi connectivity index (χ1) is 10.1. The van der Waals surface area contributed by atoms with Crippen molar-refractivity contribution in [2.45, 2.75) is 24.3 Å². The van der Waals surface area contributed by atoms with E-state index in [0.29, 0.717) is 32.8 Å². The van der Waals surface area contributed by atoms with E-state index < -0.39 is 10.0 Å². The van der Waals surface area contributed by atoms with Crippen molar-refractivity contribution in [2.75, 3.05) is 40.1 Å². The molecule has 0 saturated heterocycles. The maximum absolute atomic E-state index is 11.9. The topological polar surface area (TPSA) is 103 Å². The van der Waals surface area contributed by atoms with Crippen LogP contribution >= 0.6 is 0 Å². The highest BCUT2D eigenvalue weighted by Crippen LogP contribution is 2.06. The fourth-order valence-electron chi connectivity index (χ4n) is 1.57. The van der Waals surface area contributed by atoms with Gasteiger partial charge in [0.05, 0.1) is 32.6 Å². The van der Waals surface area contributed by atoms with E-state index in [-0.39, 0.29) is 18.0 Å². The zero-order chi connectivity index (χ0) is 15.6. The van der Waals surface area contributed by atoms with Gasteiger partial charge >= 0.3 is 0 Å². The third kappa shape index (κ3) is 7.00. The highest BCUT2D eigenvalue weighted by molar-refractivity contribution is 7.89. The van der Waals surface area contributed by atoms with Crippen LogP contribution in [0.3, 0.4) is 0 Å². The number of rotatable bonds is 12. The van der Waals surface area contributed by atoms with E-state index in [1.54, 1.807) is 7.11 Å². The number of nitrogens with one attached hydrogen (secondary N) is 1. The number of nitrogens with zero attached hydrogens (tertiary/aromatic N) is 2. The minimum absolute atomic E-state index is 0.0856. The SMILES string of the molecule is COCCOCCCCNS(=O)(=O)c1cnn(CCO)c1. The van der Waals surface area contributed by atoms with Gasteiger partial charge in [-0.1, -0.05) is 0 Å². The summed E-state index contributed by atoms with van der Waals surface area (Å²) in [6.45, 7) is 2.23. The minimum atomic E-state index is -3.53. The summed E-state index contributed by atoms with van der Waals surface area (Å²) in [6.07, 6.45) is 4.13. The Kier molecular flexibility index (Phi) is 8.47. The molecule has 0 unspecified atom stereocenters. The normalized spacial score (nSPS) is 11.9. The molecule has 0 radical (unpaired) electrons. The Morgan fingerprint density at radius 1 is 1.33 bits per heavy atom.